The number of nitrogens with one attached hydrogen (secondary N) is 1. The standard InChI is InChI=1S/C9H14N2.C2H6.H2/c1-7(2)11-9-5-4-8(3)6-10-9;1-2;/h4-7H,1-3H3,(H,10,11);1-2H3;1H. The van der Waals surface area contributed by atoms with Crippen LogP contribution in [0.2, 0.25) is 0 Å². The van der Waals surface area contributed by atoms with E-state index in [9.17, 15) is 0 Å². The van der Waals surface area contributed by atoms with E-state index in [1.807, 2.05) is 33.0 Å². The lowest BCUT2D eigenvalue weighted by atomic mass is 10.3. The Bertz CT molecular complexity index is 219. The molecule has 13 heavy (non-hydrogen) atoms. The summed E-state index contributed by atoms with van der Waals surface area (Å²) >= 11 is 0. The molecule has 0 bridgehead atoms. The maximum Gasteiger partial charge on any atom is 0.126 e. The number of aryl methyl sites for hydroxylation is 1. The Labute approximate surface area is 82.9 Å². The first-order valence-corrected chi connectivity index (χ1v) is 4.87. The highest BCUT2D eigenvalue weighted by Gasteiger charge is 1.94. The zero-order chi connectivity index (χ0) is 10.3. The van der Waals surface area contributed by atoms with E-state index in [1.165, 1.54) is 5.56 Å². The Kier molecular flexibility index (Phi) is 5.94. The van der Waals surface area contributed by atoms with Gasteiger partial charge in [-0.05, 0) is 32.4 Å². The van der Waals surface area contributed by atoms with Gasteiger partial charge in [0.2, 0.25) is 0 Å². The predicted octanol–water partition coefficient (Wildman–Crippen LogP) is 3.48. The van der Waals surface area contributed by atoms with Crippen molar-refractivity contribution in [2.45, 2.75) is 40.7 Å². The molecule has 76 valence electrons. The third-order valence-corrected chi connectivity index (χ3v) is 1.35. The minimum atomic E-state index is 0. The Balaban J connectivity index is 0. The van der Waals surface area contributed by atoms with Crippen LogP contribution in [0.3, 0.4) is 0 Å². The third-order valence-electron chi connectivity index (χ3n) is 1.35. The van der Waals surface area contributed by atoms with Gasteiger partial charge >= 0.3 is 0 Å². The van der Waals surface area contributed by atoms with Crippen LogP contribution < -0.4 is 5.32 Å². The zero-order valence-corrected chi connectivity index (χ0v) is 9.26. The first kappa shape index (κ1) is 11.9. The molecule has 0 atom stereocenters. The van der Waals surface area contributed by atoms with Gasteiger partial charge in [0.25, 0.3) is 0 Å². The van der Waals surface area contributed by atoms with Crippen molar-refractivity contribution in [1.82, 2.24) is 4.98 Å². The van der Waals surface area contributed by atoms with Gasteiger partial charge < -0.3 is 5.32 Å². The van der Waals surface area contributed by atoms with Gasteiger partial charge in [0, 0.05) is 13.7 Å². The molecule has 0 aromatic carbocycles. The quantitative estimate of drug-likeness (QED) is 0.757. The lowest BCUT2D eigenvalue weighted by molar-refractivity contribution is 0.888. The highest BCUT2D eigenvalue weighted by atomic mass is 15.0. The summed E-state index contributed by atoms with van der Waals surface area (Å²) in [5, 5.41) is 3.22. The van der Waals surface area contributed by atoms with Gasteiger partial charge in [-0.2, -0.15) is 0 Å². The molecule has 1 aromatic rings. The average Bonchev–Trinajstić information content (AvgIpc) is 2.12. The van der Waals surface area contributed by atoms with E-state index in [0.29, 0.717) is 6.04 Å². The Morgan fingerprint density at radius 2 is 1.92 bits per heavy atom. The second kappa shape index (κ2) is 6.46. The van der Waals surface area contributed by atoms with E-state index in [4.69, 9.17) is 0 Å². The van der Waals surface area contributed by atoms with Crippen LogP contribution in [0.4, 0.5) is 5.82 Å². The summed E-state index contributed by atoms with van der Waals surface area (Å²) in [4.78, 5) is 4.21. The summed E-state index contributed by atoms with van der Waals surface area (Å²) in [6.45, 7) is 10.2. The molecule has 0 saturated heterocycles. The van der Waals surface area contributed by atoms with E-state index in [-0.39, 0.29) is 1.43 Å². The van der Waals surface area contributed by atoms with Crippen molar-refractivity contribution in [3.63, 3.8) is 0 Å². The molecule has 0 radical (unpaired) electrons. The van der Waals surface area contributed by atoms with Crippen molar-refractivity contribution in [3.8, 4) is 0 Å². The lowest BCUT2D eigenvalue weighted by Gasteiger charge is -2.07. The van der Waals surface area contributed by atoms with Gasteiger partial charge in [-0.25, -0.2) is 4.98 Å². The fourth-order valence-electron chi connectivity index (χ4n) is 0.849. The summed E-state index contributed by atoms with van der Waals surface area (Å²) < 4.78 is 0. The van der Waals surface area contributed by atoms with Gasteiger partial charge in [0.15, 0.2) is 0 Å². The number of nitrogens with zero attached hydrogens (tertiary/aromatic N) is 1. The molecule has 0 fully saturated rings. The van der Waals surface area contributed by atoms with Crippen LogP contribution in [0.1, 0.15) is 34.7 Å². The molecule has 0 saturated carbocycles. The molecule has 0 aliphatic carbocycles. The number of hydrogen-bond acceptors (Lipinski definition) is 2. The monoisotopic (exact) mass is 182 g/mol. The van der Waals surface area contributed by atoms with E-state index in [0.717, 1.165) is 5.82 Å². The molecule has 1 rings (SSSR count). The van der Waals surface area contributed by atoms with E-state index >= 15 is 0 Å². The van der Waals surface area contributed by atoms with E-state index in [1.54, 1.807) is 0 Å². The number of anilines is 1. The van der Waals surface area contributed by atoms with E-state index < -0.39 is 0 Å². The second-order valence-electron chi connectivity index (χ2n) is 3.02. The van der Waals surface area contributed by atoms with Gasteiger partial charge in [0.1, 0.15) is 5.82 Å². The molecule has 1 aromatic heterocycles. The van der Waals surface area contributed by atoms with Gasteiger partial charge in [-0.3, -0.25) is 0 Å². The minimum absolute atomic E-state index is 0. The van der Waals surface area contributed by atoms with Crippen molar-refractivity contribution >= 4 is 5.82 Å². The molecule has 0 unspecified atom stereocenters. The third kappa shape index (κ3) is 5.23. The van der Waals surface area contributed by atoms with Crippen molar-refractivity contribution in [2.24, 2.45) is 0 Å². The molecule has 1 heterocycles. The smallest absolute Gasteiger partial charge is 0.126 e. The molecular weight excluding hydrogens is 160 g/mol. The average molecular weight is 182 g/mol. The minimum Gasteiger partial charge on any atom is -0.368 e. The van der Waals surface area contributed by atoms with Crippen LogP contribution in [0.25, 0.3) is 0 Å². The molecule has 0 amide bonds. The van der Waals surface area contributed by atoms with Crippen LogP contribution in [-0.4, -0.2) is 11.0 Å². The molecule has 0 aliphatic heterocycles. The first-order chi connectivity index (χ1) is 6.18. The fraction of sp³-hybridized carbons (Fsp3) is 0.545. The fourth-order valence-corrected chi connectivity index (χ4v) is 0.849. The van der Waals surface area contributed by atoms with Gasteiger partial charge in [0.05, 0.1) is 0 Å². The summed E-state index contributed by atoms with van der Waals surface area (Å²) in [7, 11) is 0. The maximum atomic E-state index is 4.21. The molecule has 2 nitrogen and oxygen atoms in total. The molecule has 0 spiro atoms. The van der Waals surface area contributed by atoms with Crippen LogP contribution in [0.5, 0.6) is 0 Å². The zero-order valence-electron chi connectivity index (χ0n) is 9.26. The summed E-state index contributed by atoms with van der Waals surface area (Å²) in [6, 6.07) is 4.50. The highest BCUT2D eigenvalue weighted by molar-refractivity contribution is 5.35. The van der Waals surface area contributed by atoms with Crippen LogP contribution in [0, 0.1) is 6.92 Å². The first-order valence-electron chi connectivity index (χ1n) is 4.87. The van der Waals surface area contributed by atoms with Gasteiger partial charge in [-0.15, -0.1) is 0 Å². The summed E-state index contributed by atoms with van der Waals surface area (Å²) in [5.41, 5.74) is 1.19. The SMILES string of the molecule is CC.Cc1ccc(NC(C)C)nc1.[HH]. The molecule has 1 N–H and O–H groups in total. The summed E-state index contributed by atoms with van der Waals surface area (Å²) in [6.07, 6.45) is 1.87. The van der Waals surface area contributed by atoms with Crippen LogP contribution in [-0.2, 0) is 0 Å². The van der Waals surface area contributed by atoms with Crippen LogP contribution in [0.15, 0.2) is 18.3 Å². The van der Waals surface area contributed by atoms with Crippen molar-refractivity contribution < 1.29 is 1.43 Å². The normalized spacial score (nSPS) is 9.08. The number of rotatable bonds is 2. The van der Waals surface area contributed by atoms with E-state index in [2.05, 4.69) is 30.2 Å². The van der Waals surface area contributed by atoms with Gasteiger partial charge in [-0.1, -0.05) is 19.9 Å². The second-order valence-corrected chi connectivity index (χ2v) is 3.02. The topological polar surface area (TPSA) is 24.9 Å². The maximum absolute atomic E-state index is 4.21. The Morgan fingerprint density at radius 3 is 2.31 bits per heavy atom. The molecular formula is C11H22N2. The number of hydrogen-bond donors (Lipinski definition) is 1. The van der Waals surface area contributed by atoms with Crippen molar-refractivity contribution in [2.75, 3.05) is 5.32 Å². The Morgan fingerprint density at radius 1 is 1.31 bits per heavy atom. The highest BCUT2D eigenvalue weighted by Crippen LogP contribution is 2.04. The molecule has 2 heteroatoms. The largest absolute Gasteiger partial charge is 0.368 e. The van der Waals surface area contributed by atoms with Crippen LogP contribution >= 0.6 is 0 Å². The molecule has 0 aliphatic rings. The number of pyridine rings is 1. The Hall–Kier alpha value is -1.05. The lowest BCUT2D eigenvalue weighted by Crippen LogP contribution is -2.10. The van der Waals surface area contributed by atoms with Crippen molar-refractivity contribution in [3.05, 3.63) is 23.9 Å². The summed E-state index contributed by atoms with van der Waals surface area (Å²) in [5.74, 6) is 0.950. The predicted molar refractivity (Wildman–Crippen MR) is 61.2 cm³/mol. The van der Waals surface area contributed by atoms with Crippen molar-refractivity contribution in [1.29, 1.82) is 0 Å². The number of aromatic nitrogens is 1.